The van der Waals surface area contributed by atoms with E-state index in [4.69, 9.17) is 21.7 Å². The molecule has 2 aromatic carbocycles. The van der Waals surface area contributed by atoms with E-state index in [0.717, 1.165) is 12.1 Å². The van der Waals surface area contributed by atoms with Crippen molar-refractivity contribution in [1.82, 2.24) is 14.8 Å². The normalized spacial score (nSPS) is 11.1. The maximum Gasteiger partial charge on any atom is 0.416 e. The van der Waals surface area contributed by atoms with Crippen LogP contribution in [0.4, 0.5) is 24.8 Å². The van der Waals surface area contributed by atoms with Crippen molar-refractivity contribution in [2.75, 3.05) is 24.9 Å². The molecular formula is C19H18F3N5O2S. The van der Waals surface area contributed by atoms with E-state index in [0.29, 0.717) is 22.7 Å². The number of aromatic nitrogens is 3. The summed E-state index contributed by atoms with van der Waals surface area (Å²) >= 11 is 5.25. The molecule has 3 rings (SSSR count). The molecule has 0 amide bonds. The minimum atomic E-state index is -4.40. The number of methoxy groups -OCH3 is 2. The lowest BCUT2D eigenvalue weighted by molar-refractivity contribution is -0.137. The van der Waals surface area contributed by atoms with Crippen molar-refractivity contribution in [3.63, 3.8) is 0 Å². The van der Waals surface area contributed by atoms with Crippen molar-refractivity contribution in [3.05, 3.63) is 59.9 Å². The Morgan fingerprint density at radius 2 is 1.83 bits per heavy atom. The van der Waals surface area contributed by atoms with Crippen molar-refractivity contribution in [1.29, 1.82) is 0 Å². The quantitative estimate of drug-likeness (QED) is 0.561. The molecule has 1 heterocycles. The molecule has 0 saturated carbocycles. The van der Waals surface area contributed by atoms with Crippen molar-refractivity contribution in [2.45, 2.75) is 12.7 Å². The first-order valence-corrected chi connectivity index (χ1v) is 9.05. The van der Waals surface area contributed by atoms with Crippen molar-refractivity contribution in [3.8, 4) is 11.5 Å². The molecule has 0 atom stereocenters. The molecule has 0 aliphatic heterocycles. The van der Waals surface area contributed by atoms with Gasteiger partial charge in [0.25, 0.3) is 0 Å². The van der Waals surface area contributed by atoms with Crippen LogP contribution in [0, 0.1) is 0 Å². The number of nitrogens with one attached hydrogen (secondary N) is 2. The third-order valence-corrected chi connectivity index (χ3v) is 4.21. The zero-order chi connectivity index (χ0) is 21.7. The first-order valence-electron chi connectivity index (χ1n) is 8.64. The third kappa shape index (κ3) is 5.38. The van der Waals surface area contributed by atoms with Gasteiger partial charge in [-0.2, -0.15) is 13.2 Å². The van der Waals surface area contributed by atoms with E-state index in [1.54, 1.807) is 31.4 Å². The summed E-state index contributed by atoms with van der Waals surface area (Å²) in [6.07, 6.45) is -2.99. The third-order valence-electron chi connectivity index (χ3n) is 4.00. The Balaban J connectivity index is 1.62. The number of ether oxygens (including phenoxy) is 2. The molecule has 30 heavy (non-hydrogen) atoms. The van der Waals surface area contributed by atoms with Gasteiger partial charge in [0.15, 0.2) is 16.6 Å². The molecule has 11 heteroatoms. The van der Waals surface area contributed by atoms with Gasteiger partial charge in [0.2, 0.25) is 5.95 Å². The molecule has 0 radical (unpaired) electrons. The average Bonchev–Trinajstić information content (AvgIpc) is 3.13. The Bertz CT molecular complexity index is 1040. The number of hydrogen-bond acceptors (Lipinski definition) is 5. The zero-order valence-corrected chi connectivity index (χ0v) is 16.8. The lowest BCUT2D eigenvalue weighted by Gasteiger charge is -2.12. The topological polar surface area (TPSA) is 73.2 Å². The smallest absolute Gasteiger partial charge is 0.416 e. The number of hydrogen-bond donors (Lipinski definition) is 2. The lowest BCUT2D eigenvalue weighted by atomic mass is 10.1. The summed E-state index contributed by atoms with van der Waals surface area (Å²) in [7, 11) is 3.07. The number of nitrogens with zero attached hydrogens (tertiary/aromatic N) is 3. The van der Waals surface area contributed by atoms with Gasteiger partial charge in [-0.25, -0.2) is 9.67 Å². The van der Waals surface area contributed by atoms with E-state index in [9.17, 15) is 13.2 Å². The Hall–Kier alpha value is -3.34. The van der Waals surface area contributed by atoms with E-state index in [-0.39, 0.29) is 17.6 Å². The second-order valence-corrected chi connectivity index (χ2v) is 6.52. The van der Waals surface area contributed by atoms with Gasteiger partial charge in [-0.15, -0.1) is 5.10 Å². The van der Waals surface area contributed by atoms with Gasteiger partial charge >= 0.3 is 6.18 Å². The largest absolute Gasteiger partial charge is 0.493 e. The van der Waals surface area contributed by atoms with Crippen molar-refractivity contribution in [2.24, 2.45) is 0 Å². The summed E-state index contributed by atoms with van der Waals surface area (Å²) in [6.45, 7) is 0.133. The van der Waals surface area contributed by atoms with Gasteiger partial charge < -0.3 is 14.8 Å². The summed E-state index contributed by atoms with van der Waals surface area (Å²) in [5.74, 6) is 1.32. The van der Waals surface area contributed by atoms with Crippen LogP contribution in [0.5, 0.6) is 11.5 Å². The first-order chi connectivity index (χ1) is 14.3. The molecule has 0 bridgehead atoms. The van der Waals surface area contributed by atoms with Crippen LogP contribution in [0.1, 0.15) is 11.1 Å². The fourth-order valence-electron chi connectivity index (χ4n) is 2.64. The molecule has 2 N–H and O–H groups in total. The van der Waals surface area contributed by atoms with Gasteiger partial charge in [0, 0.05) is 11.8 Å². The number of anilines is 2. The average molecular weight is 437 g/mol. The lowest BCUT2D eigenvalue weighted by Crippen LogP contribution is -2.20. The maximum atomic E-state index is 12.8. The number of rotatable bonds is 6. The van der Waals surface area contributed by atoms with Gasteiger partial charge in [-0.05, 0) is 42.0 Å². The molecule has 1 aromatic heterocycles. The van der Waals surface area contributed by atoms with E-state index in [1.165, 1.54) is 24.2 Å². The predicted molar refractivity (Wildman–Crippen MR) is 110 cm³/mol. The van der Waals surface area contributed by atoms with E-state index >= 15 is 0 Å². The molecule has 0 saturated heterocycles. The van der Waals surface area contributed by atoms with Crippen LogP contribution in [-0.2, 0) is 12.7 Å². The summed E-state index contributed by atoms with van der Waals surface area (Å²) in [4.78, 5) is 4.07. The van der Waals surface area contributed by atoms with Crippen LogP contribution in [0.3, 0.4) is 0 Å². The number of alkyl halides is 3. The highest BCUT2D eigenvalue weighted by Gasteiger charge is 2.30. The highest BCUT2D eigenvalue weighted by molar-refractivity contribution is 7.80. The van der Waals surface area contributed by atoms with E-state index < -0.39 is 11.7 Å². The molecule has 3 aromatic rings. The summed E-state index contributed by atoms with van der Waals surface area (Å²) < 4.78 is 50.4. The van der Waals surface area contributed by atoms with Crippen LogP contribution >= 0.6 is 12.2 Å². The molecule has 0 aliphatic rings. The van der Waals surface area contributed by atoms with Crippen LogP contribution < -0.4 is 20.1 Å². The summed E-state index contributed by atoms with van der Waals surface area (Å²) in [6, 6.07) is 10.3. The SMILES string of the molecule is COc1ccc(NC(=S)Nc2ncn(Cc3cccc(C(F)(F)F)c3)n2)cc1OC. The van der Waals surface area contributed by atoms with Crippen molar-refractivity contribution >= 4 is 29.0 Å². The van der Waals surface area contributed by atoms with E-state index in [2.05, 4.69) is 20.7 Å². The van der Waals surface area contributed by atoms with E-state index in [1.807, 2.05) is 0 Å². The van der Waals surface area contributed by atoms with Crippen LogP contribution in [0.25, 0.3) is 0 Å². The van der Waals surface area contributed by atoms with Gasteiger partial charge in [0.05, 0.1) is 26.3 Å². The van der Waals surface area contributed by atoms with Crippen molar-refractivity contribution < 1.29 is 22.6 Å². The monoisotopic (exact) mass is 437 g/mol. The molecule has 7 nitrogen and oxygen atoms in total. The molecule has 0 aliphatic carbocycles. The van der Waals surface area contributed by atoms with Crippen LogP contribution in [0.15, 0.2) is 48.8 Å². The fraction of sp³-hybridized carbons (Fsp3) is 0.211. The number of halogens is 3. The fourth-order valence-corrected chi connectivity index (χ4v) is 2.85. The molecule has 0 spiro atoms. The second kappa shape index (κ2) is 8.99. The summed E-state index contributed by atoms with van der Waals surface area (Å²) in [5.41, 5.74) is 0.402. The van der Waals surface area contributed by atoms with Crippen LogP contribution in [0.2, 0.25) is 0 Å². The minimum Gasteiger partial charge on any atom is -0.493 e. The minimum absolute atomic E-state index is 0.133. The standard InChI is InChI=1S/C19H18F3N5O2S/c1-28-15-7-6-14(9-16(15)29-2)24-18(30)25-17-23-11-27(26-17)10-12-4-3-5-13(8-12)19(20,21)22/h3-9,11H,10H2,1-2H3,(H2,24,25,26,30). The Labute approximate surface area is 175 Å². The van der Waals surface area contributed by atoms with Crippen LogP contribution in [-0.4, -0.2) is 34.1 Å². The molecule has 158 valence electrons. The highest BCUT2D eigenvalue weighted by Crippen LogP contribution is 2.30. The summed E-state index contributed by atoms with van der Waals surface area (Å²) in [5, 5.41) is 10.2. The number of thiocarbonyl (C=S) groups is 1. The van der Waals surface area contributed by atoms with Gasteiger partial charge in [0.1, 0.15) is 6.33 Å². The molecular weight excluding hydrogens is 419 g/mol. The predicted octanol–water partition coefficient (Wildman–Crippen LogP) is 4.17. The second-order valence-electron chi connectivity index (χ2n) is 6.11. The molecule has 0 unspecified atom stereocenters. The van der Waals surface area contributed by atoms with Gasteiger partial charge in [-0.3, -0.25) is 5.32 Å². The Morgan fingerprint density at radius 1 is 1.07 bits per heavy atom. The molecule has 0 fully saturated rings. The Kier molecular flexibility index (Phi) is 6.40. The maximum absolute atomic E-state index is 12.8. The Morgan fingerprint density at radius 3 is 2.53 bits per heavy atom. The zero-order valence-electron chi connectivity index (χ0n) is 16.0. The first kappa shape index (κ1) is 21.4. The number of benzene rings is 2. The van der Waals surface area contributed by atoms with Gasteiger partial charge in [-0.1, -0.05) is 12.1 Å². The highest BCUT2D eigenvalue weighted by atomic mass is 32.1.